The number of esters is 2. The Balaban J connectivity index is 2.24. The predicted molar refractivity (Wildman–Crippen MR) is 89.4 cm³/mol. The summed E-state index contributed by atoms with van der Waals surface area (Å²) in [5.41, 5.74) is -0.00576. The SMILES string of the molecule is O=CC(F)(F)[C@H](OC(=O)c1ccccc1)[C@@H](CO)OC(=O)c1ccccc1. The lowest BCUT2D eigenvalue weighted by Gasteiger charge is -2.28. The highest BCUT2D eigenvalue weighted by Gasteiger charge is 2.49. The molecule has 0 bridgehead atoms. The van der Waals surface area contributed by atoms with Gasteiger partial charge in [-0.3, -0.25) is 4.79 Å². The number of hydrogen-bond acceptors (Lipinski definition) is 6. The summed E-state index contributed by atoms with van der Waals surface area (Å²) in [6.45, 7) is -1.09. The van der Waals surface area contributed by atoms with Crippen molar-refractivity contribution in [3.63, 3.8) is 0 Å². The minimum atomic E-state index is -4.19. The van der Waals surface area contributed by atoms with Gasteiger partial charge in [0, 0.05) is 0 Å². The molecule has 0 aliphatic heterocycles. The van der Waals surface area contributed by atoms with Crippen LogP contribution in [0.5, 0.6) is 0 Å². The molecule has 27 heavy (non-hydrogen) atoms. The minimum Gasteiger partial charge on any atom is -0.452 e. The molecule has 0 radical (unpaired) electrons. The highest BCUT2D eigenvalue weighted by atomic mass is 19.3. The van der Waals surface area contributed by atoms with Crippen LogP contribution in [0.2, 0.25) is 0 Å². The van der Waals surface area contributed by atoms with Gasteiger partial charge in [-0.25, -0.2) is 9.59 Å². The summed E-state index contributed by atoms with van der Waals surface area (Å²) in [6.07, 6.45) is -5.18. The van der Waals surface area contributed by atoms with E-state index in [0.29, 0.717) is 0 Å². The molecule has 2 rings (SSSR count). The van der Waals surface area contributed by atoms with E-state index in [4.69, 9.17) is 9.47 Å². The fourth-order valence-corrected chi connectivity index (χ4v) is 2.20. The minimum absolute atomic E-state index is 0.0403. The van der Waals surface area contributed by atoms with Gasteiger partial charge in [-0.1, -0.05) is 36.4 Å². The molecular weight excluding hydrogens is 362 g/mol. The van der Waals surface area contributed by atoms with Gasteiger partial charge < -0.3 is 14.6 Å². The van der Waals surface area contributed by atoms with E-state index in [0.717, 1.165) is 0 Å². The number of aldehydes is 1. The van der Waals surface area contributed by atoms with E-state index in [1.165, 1.54) is 48.5 Å². The van der Waals surface area contributed by atoms with Crippen LogP contribution in [-0.2, 0) is 14.3 Å². The Bertz CT molecular complexity index is 779. The molecular formula is C19H16F2O6. The summed E-state index contributed by atoms with van der Waals surface area (Å²) in [4.78, 5) is 35.0. The fraction of sp³-hybridized carbons (Fsp3) is 0.211. The monoisotopic (exact) mass is 378 g/mol. The number of alkyl halides is 2. The third-order valence-corrected chi connectivity index (χ3v) is 3.57. The Morgan fingerprint density at radius 2 is 1.37 bits per heavy atom. The van der Waals surface area contributed by atoms with Crippen molar-refractivity contribution in [1.82, 2.24) is 0 Å². The maximum absolute atomic E-state index is 14.0. The average Bonchev–Trinajstić information content (AvgIpc) is 2.71. The molecule has 0 aromatic heterocycles. The van der Waals surface area contributed by atoms with E-state index in [9.17, 15) is 28.3 Å². The van der Waals surface area contributed by atoms with Gasteiger partial charge in [-0.2, -0.15) is 8.78 Å². The Labute approximate surface area is 153 Å². The van der Waals surface area contributed by atoms with Gasteiger partial charge in [0.25, 0.3) is 0 Å². The molecule has 0 spiro atoms. The molecule has 0 fully saturated rings. The number of aliphatic hydroxyl groups excluding tert-OH is 1. The zero-order chi connectivity index (χ0) is 19.9. The molecule has 2 aromatic rings. The van der Waals surface area contributed by atoms with Crippen molar-refractivity contribution in [2.75, 3.05) is 6.61 Å². The molecule has 2 aromatic carbocycles. The molecule has 2 atom stereocenters. The molecule has 0 saturated heterocycles. The van der Waals surface area contributed by atoms with Crippen molar-refractivity contribution < 1.29 is 37.7 Å². The topological polar surface area (TPSA) is 89.9 Å². The maximum Gasteiger partial charge on any atom is 0.342 e. The first-order valence-corrected chi connectivity index (χ1v) is 7.86. The number of aliphatic hydroxyl groups is 1. The lowest BCUT2D eigenvalue weighted by molar-refractivity contribution is -0.168. The Morgan fingerprint density at radius 1 is 0.926 bits per heavy atom. The second-order valence-corrected chi connectivity index (χ2v) is 5.48. The van der Waals surface area contributed by atoms with Crippen molar-refractivity contribution >= 4 is 18.2 Å². The van der Waals surface area contributed by atoms with Crippen LogP contribution in [-0.4, -0.2) is 48.1 Å². The largest absolute Gasteiger partial charge is 0.452 e. The Hall–Kier alpha value is -3.13. The second-order valence-electron chi connectivity index (χ2n) is 5.48. The lowest BCUT2D eigenvalue weighted by atomic mass is 10.1. The number of benzene rings is 2. The number of carbonyl (C=O) groups is 3. The Morgan fingerprint density at radius 3 is 1.78 bits per heavy atom. The molecule has 142 valence electrons. The quantitative estimate of drug-likeness (QED) is 0.560. The molecule has 0 aliphatic carbocycles. The van der Waals surface area contributed by atoms with Gasteiger partial charge in [0.15, 0.2) is 12.4 Å². The zero-order valence-electron chi connectivity index (χ0n) is 14.0. The van der Waals surface area contributed by atoms with Gasteiger partial charge in [0.05, 0.1) is 17.7 Å². The smallest absolute Gasteiger partial charge is 0.342 e. The van der Waals surface area contributed by atoms with Gasteiger partial charge in [-0.15, -0.1) is 0 Å². The van der Waals surface area contributed by atoms with Gasteiger partial charge >= 0.3 is 17.9 Å². The highest BCUT2D eigenvalue weighted by Crippen LogP contribution is 2.25. The van der Waals surface area contributed by atoms with Crippen LogP contribution < -0.4 is 0 Å². The third-order valence-electron chi connectivity index (χ3n) is 3.57. The van der Waals surface area contributed by atoms with Crippen LogP contribution >= 0.6 is 0 Å². The summed E-state index contributed by atoms with van der Waals surface area (Å²) >= 11 is 0. The van der Waals surface area contributed by atoms with Crippen LogP contribution in [0.25, 0.3) is 0 Å². The van der Waals surface area contributed by atoms with E-state index in [2.05, 4.69) is 0 Å². The molecule has 8 heteroatoms. The van der Waals surface area contributed by atoms with Crippen molar-refractivity contribution in [2.45, 2.75) is 18.1 Å². The lowest BCUT2D eigenvalue weighted by Crippen LogP contribution is -2.50. The van der Waals surface area contributed by atoms with Crippen LogP contribution in [0, 0.1) is 0 Å². The van der Waals surface area contributed by atoms with Gasteiger partial charge in [0.1, 0.15) is 0 Å². The first-order valence-electron chi connectivity index (χ1n) is 7.86. The molecule has 0 amide bonds. The first kappa shape index (κ1) is 20.2. The number of rotatable bonds is 8. The highest BCUT2D eigenvalue weighted by molar-refractivity contribution is 5.90. The molecule has 0 heterocycles. The Kier molecular flexibility index (Phi) is 6.73. The molecule has 0 unspecified atom stereocenters. The number of hydrogen-bond donors (Lipinski definition) is 1. The first-order chi connectivity index (χ1) is 12.9. The fourth-order valence-electron chi connectivity index (χ4n) is 2.20. The van der Waals surface area contributed by atoms with Crippen LogP contribution in [0.15, 0.2) is 60.7 Å². The maximum atomic E-state index is 14.0. The van der Waals surface area contributed by atoms with Crippen LogP contribution in [0.4, 0.5) is 8.78 Å². The molecule has 0 aliphatic rings. The van der Waals surface area contributed by atoms with Crippen molar-refractivity contribution in [1.29, 1.82) is 0 Å². The summed E-state index contributed by atoms with van der Waals surface area (Å²) in [7, 11) is 0. The van der Waals surface area contributed by atoms with Crippen molar-refractivity contribution in [2.24, 2.45) is 0 Å². The van der Waals surface area contributed by atoms with Crippen LogP contribution in [0.1, 0.15) is 20.7 Å². The van der Waals surface area contributed by atoms with Crippen molar-refractivity contribution in [3.05, 3.63) is 71.8 Å². The molecule has 0 saturated carbocycles. The van der Waals surface area contributed by atoms with Gasteiger partial charge in [0.2, 0.25) is 6.10 Å². The normalized spacial score (nSPS) is 13.3. The average molecular weight is 378 g/mol. The predicted octanol–water partition coefficient (Wildman–Crippen LogP) is 2.26. The summed E-state index contributed by atoms with van der Waals surface area (Å²) < 4.78 is 37.7. The summed E-state index contributed by atoms with van der Waals surface area (Å²) in [6, 6.07) is 14.7. The van der Waals surface area contributed by atoms with E-state index >= 15 is 0 Å². The van der Waals surface area contributed by atoms with E-state index in [1.807, 2.05) is 0 Å². The zero-order valence-corrected chi connectivity index (χ0v) is 14.0. The molecule has 6 nitrogen and oxygen atoms in total. The second kappa shape index (κ2) is 9.00. The third kappa shape index (κ3) is 5.18. The van der Waals surface area contributed by atoms with E-state index in [-0.39, 0.29) is 11.1 Å². The van der Waals surface area contributed by atoms with E-state index in [1.54, 1.807) is 12.1 Å². The summed E-state index contributed by atoms with van der Waals surface area (Å²) in [5.74, 6) is -6.36. The van der Waals surface area contributed by atoms with Crippen LogP contribution in [0.3, 0.4) is 0 Å². The summed E-state index contributed by atoms with van der Waals surface area (Å²) in [5, 5.41) is 9.42. The number of ether oxygens (including phenoxy) is 2. The molecule has 1 N–H and O–H groups in total. The van der Waals surface area contributed by atoms with Gasteiger partial charge in [-0.05, 0) is 24.3 Å². The number of carbonyl (C=O) groups excluding carboxylic acids is 3. The number of halogens is 2. The van der Waals surface area contributed by atoms with E-state index < -0.39 is 43.0 Å². The van der Waals surface area contributed by atoms with Crippen molar-refractivity contribution in [3.8, 4) is 0 Å². The standard InChI is InChI=1S/C19H16F2O6/c20-19(21,12-23)16(27-18(25)14-9-5-2-6-10-14)15(11-22)26-17(24)13-7-3-1-4-8-13/h1-10,12,15-16,22H,11H2/t15-,16-/m1/s1.